The van der Waals surface area contributed by atoms with Gasteiger partial charge in [-0.1, -0.05) is 19.1 Å². The van der Waals surface area contributed by atoms with Crippen molar-refractivity contribution in [2.75, 3.05) is 13.1 Å². The topological polar surface area (TPSA) is 66.5 Å². The number of carbonyl (C=O) groups is 3. The molecule has 0 aromatic heterocycles. The van der Waals surface area contributed by atoms with E-state index in [1.165, 1.54) is 6.92 Å². The molecule has 1 aliphatic heterocycles. The van der Waals surface area contributed by atoms with E-state index in [9.17, 15) is 14.4 Å². The predicted octanol–water partition coefficient (Wildman–Crippen LogP) is 2.41. The highest BCUT2D eigenvalue weighted by Gasteiger charge is 2.25. The maximum Gasteiger partial charge on any atom is 0.253 e. The molecular weight excluding hydrogens is 292 g/mol. The second-order valence-electron chi connectivity index (χ2n) is 6.04. The smallest absolute Gasteiger partial charge is 0.253 e. The van der Waals surface area contributed by atoms with Crippen LogP contribution in [0.3, 0.4) is 0 Å². The molecule has 1 fully saturated rings. The first-order chi connectivity index (χ1) is 11.0. The van der Waals surface area contributed by atoms with Crippen molar-refractivity contribution in [3.63, 3.8) is 0 Å². The van der Waals surface area contributed by atoms with Crippen molar-refractivity contribution in [2.45, 2.75) is 45.6 Å². The summed E-state index contributed by atoms with van der Waals surface area (Å²) in [4.78, 5) is 37.4. The van der Waals surface area contributed by atoms with Crippen LogP contribution in [-0.2, 0) is 4.79 Å². The number of benzene rings is 1. The number of hydrogen-bond acceptors (Lipinski definition) is 3. The lowest BCUT2D eigenvalue weighted by atomic mass is 10.0. The number of Topliss-reactive ketones (excluding diaryl/α,β-unsaturated/α-hetero) is 1. The van der Waals surface area contributed by atoms with Crippen LogP contribution in [0, 0.1) is 0 Å². The summed E-state index contributed by atoms with van der Waals surface area (Å²) in [6, 6.07) is 6.78. The van der Waals surface area contributed by atoms with Crippen LogP contribution in [0.5, 0.6) is 0 Å². The highest BCUT2D eigenvalue weighted by atomic mass is 16.2. The minimum absolute atomic E-state index is 0.0133. The number of ketones is 1. The Morgan fingerprint density at radius 1 is 1.17 bits per heavy atom. The average Bonchev–Trinajstić information content (AvgIpc) is 2.54. The molecule has 2 rings (SSSR count). The molecule has 1 aliphatic rings. The van der Waals surface area contributed by atoms with Crippen molar-refractivity contribution in [3.8, 4) is 0 Å². The summed E-state index contributed by atoms with van der Waals surface area (Å²) >= 11 is 0. The first-order valence-electron chi connectivity index (χ1n) is 8.21. The van der Waals surface area contributed by atoms with Gasteiger partial charge in [-0.2, -0.15) is 0 Å². The summed E-state index contributed by atoms with van der Waals surface area (Å²) in [6.07, 6.45) is 3.14. The first kappa shape index (κ1) is 17.2. The van der Waals surface area contributed by atoms with E-state index in [4.69, 9.17) is 0 Å². The van der Waals surface area contributed by atoms with Crippen molar-refractivity contribution in [1.29, 1.82) is 0 Å². The maximum atomic E-state index is 12.6. The van der Waals surface area contributed by atoms with Gasteiger partial charge < -0.3 is 10.2 Å². The van der Waals surface area contributed by atoms with Gasteiger partial charge in [-0.3, -0.25) is 14.4 Å². The van der Waals surface area contributed by atoms with Gasteiger partial charge >= 0.3 is 0 Å². The normalized spacial score (nSPS) is 17.7. The molecule has 1 saturated heterocycles. The molecule has 0 aliphatic carbocycles. The molecule has 5 heteroatoms. The molecular formula is C18H24N2O3. The third-order valence-corrected chi connectivity index (χ3v) is 4.09. The van der Waals surface area contributed by atoms with Crippen LogP contribution < -0.4 is 5.32 Å². The average molecular weight is 316 g/mol. The van der Waals surface area contributed by atoms with Crippen molar-refractivity contribution >= 4 is 17.6 Å². The molecule has 0 spiro atoms. The number of amides is 2. The van der Waals surface area contributed by atoms with E-state index in [1.807, 2.05) is 6.92 Å². The van der Waals surface area contributed by atoms with E-state index in [1.54, 1.807) is 29.2 Å². The van der Waals surface area contributed by atoms with Gasteiger partial charge in [-0.15, -0.1) is 0 Å². The quantitative estimate of drug-likeness (QED) is 0.848. The lowest BCUT2D eigenvalue weighted by Gasteiger charge is -2.33. The molecule has 2 amide bonds. The van der Waals surface area contributed by atoms with Crippen molar-refractivity contribution < 1.29 is 14.4 Å². The Labute approximate surface area is 137 Å². The second-order valence-corrected chi connectivity index (χ2v) is 6.04. The molecule has 0 bridgehead atoms. The summed E-state index contributed by atoms with van der Waals surface area (Å²) in [7, 11) is 0. The largest absolute Gasteiger partial charge is 0.352 e. The minimum atomic E-state index is -0.0467. The van der Waals surface area contributed by atoms with Gasteiger partial charge in [0.05, 0.1) is 0 Å². The van der Waals surface area contributed by atoms with Crippen LogP contribution in [-0.4, -0.2) is 41.6 Å². The molecule has 1 N–H and O–H groups in total. The molecule has 1 unspecified atom stereocenters. The van der Waals surface area contributed by atoms with E-state index in [0.29, 0.717) is 30.6 Å². The van der Waals surface area contributed by atoms with Gasteiger partial charge in [0.15, 0.2) is 5.78 Å². The van der Waals surface area contributed by atoms with E-state index in [0.717, 1.165) is 19.3 Å². The van der Waals surface area contributed by atoms with E-state index < -0.39 is 0 Å². The van der Waals surface area contributed by atoms with Gasteiger partial charge in [0.1, 0.15) is 0 Å². The number of likely N-dealkylation sites (tertiary alicyclic amines) is 1. The Hall–Kier alpha value is -2.17. The summed E-state index contributed by atoms with van der Waals surface area (Å²) in [5.41, 5.74) is 1.18. The standard InChI is InChI=1S/C18H24N2O3/c1-3-5-17(22)19-16-6-4-11-20(12-16)18(23)15-9-7-14(8-10-15)13(2)21/h7-10,16H,3-6,11-12H2,1-2H3,(H,19,22). The zero-order valence-corrected chi connectivity index (χ0v) is 13.8. The third-order valence-electron chi connectivity index (χ3n) is 4.09. The van der Waals surface area contributed by atoms with E-state index >= 15 is 0 Å². The van der Waals surface area contributed by atoms with E-state index in [-0.39, 0.29) is 23.6 Å². The van der Waals surface area contributed by atoms with Crippen LogP contribution >= 0.6 is 0 Å². The first-order valence-corrected chi connectivity index (χ1v) is 8.21. The summed E-state index contributed by atoms with van der Waals surface area (Å²) in [5.74, 6) is -0.00664. The summed E-state index contributed by atoms with van der Waals surface area (Å²) in [5, 5.41) is 3.00. The van der Waals surface area contributed by atoms with Crippen LogP contribution in [0.25, 0.3) is 0 Å². The predicted molar refractivity (Wildman–Crippen MR) is 88.4 cm³/mol. The zero-order chi connectivity index (χ0) is 16.8. The van der Waals surface area contributed by atoms with Crippen molar-refractivity contribution in [2.24, 2.45) is 0 Å². The highest BCUT2D eigenvalue weighted by Crippen LogP contribution is 2.15. The van der Waals surface area contributed by atoms with Crippen molar-refractivity contribution in [1.82, 2.24) is 10.2 Å². The van der Waals surface area contributed by atoms with Gasteiger partial charge in [0, 0.05) is 36.7 Å². The zero-order valence-electron chi connectivity index (χ0n) is 13.8. The van der Waals surface area contributed by atoms with E-state index in [2.05, 4.69) is 5.32 Å². The Balaban J connectivity index is 1.98. The highest BCUT2D eigenvalue weighted by molar-refractivity contribution is 5.97. The number of nitrogens with one attached hydrogen (secondary N) is 1. The molecule has 1 aromatic carbocycles. The monoisotopic (exact) mass is 316 g/mol. The number of rotatable bonds is 5. The molecule has 124 valence electrons. The number of hydrogen-bond donors (Lipinski definition) is 1. The third kappa shape index (κ3) is 4.65. The lowest BCUT2D eigenvalue weighted by molar-refractivity contribution is -0.122. The Kier molecular flexibility index (Phi) is 5.90. The Bertz CT molecular complexity index is 580. The van der Waals surface area contributed by atoms with Crippen LogP contribution in [0.4, 0.5) is 0 Å². The van der Waals surface area contributed by atoms with Gasteiger partial charge in [0.2, 0.25) is 5.91 Å². The number of carbonyl (C=O) groups excluding carboxylic acids is 3. The molecule has 1 heterocycles. The summed E-state index contributed by atoms with van der Waals surface area (Å²) in [6.45, 7) is 4.72. The number of piperidine rings is 1. The Morgan fingerprint density at radius 3 is 2.43 bits per heavy atom. The second kappa shape index (κ2) is 7.90. The molecule has 0 saturated carbocycles. The molecule has 5 nitrogen and oxygen atoms in total. The minimum Gasteiger partial charge on any atom is -0.352 e. The van der Waals surface area contributed by atoms with Crippen LogP contribution in [0.1, 0.15) is 60.2 Å². The molecule has 1 atom stereocenters. The SMILES string of the molecule is CCCC(=O)NC1CCCN(C(=O)c2ccc(C(C)=O)cc2)C1. The van der Waals surface area contributed by atoms with Gasteiger partial charge in [0.25, 0.3) is 5.91 Å². The van der Waals surface area contributed by atoms with Gasteiger partial charge in [-0.05, 0) is 38.3 Å². The fourth-order valence-electron chi connectivity index (χ4n) is 2.84. The van der Waals surface area contributed by atoms with Crippen LogP contribution in [0.2, 0.25) is 0 Å². The van der Waals surface area contributed by atoms with Crippen LogP contribution in [0.15, 0.2) is 24.3 Å². The summed E-state index contributed by atoms with van der Waals surface area (Å²) < 4.78 is 0. The molecule has 1 aromatic rings. The molecule has 23 heavy (non-hydrogen) atoms. The molecule has 0 radical (unpaired) electrons. The maximum absolute atomic E-state index is 12.6. The fourth-order valence-corrected chi connectivity index (χ4v) is 2.84. The lowest BCUT2D eigenvalue weighted by Crippen LogP contribution is -2.49. The van der Waals surface area contributed by atoms with Gasteiger partial charge in [-0.25, -0.2) is 0 Å². The number of nitrogens with zero attached hydrogens (tertiary/aromatic N) is 1. The van der Waals surface area contributed by atoms with Crippen molar-refractivity contribution in [3.05, 3.63) is 35.4 Å². The Morgan fingerprint density at radius 2 is 1.83 bits per heavy atom. The fraction of sp³-hybridized carbons (Fsp3) is 0.500.